The zero-order valence-electron chi connectivity index (χ0n) is 6.78. The minimum absolute atomic E-state index is 0.494. The van der Waals surface area contributed by atoms with Crippen LogP contribution >= 0.6 is 15.9 Å². The molecule has 1 nitrogen and oxygen atoms in total. The van der Waals surface area contributed by atoms with E-state index in [0.717, 1.165) is 12.1 Å². The van der Waals surface area contributed by atoms with Crippen molar-refractivity contribution in [3.05, 3.63) is 40.9 Å². The first-order chi connectivity index (χ1) is 6.15. The SMILES string of the molecule is C=CCNc1cc(F)c(F)cc1Br. The number of halogens is 3. The highest BCUT2D eigenvalue weighted by atomic mass is 79.9. The number of anilines is 1. The van der Waals surface area contributed by atoms with Gasteiger partial charge in [-0.3, -0.25) is 0 Å². The van der Waals surface area contributed by atoms with Crippen molar-refractivity contribution < 1.29 is 8.78 Å². The lowest BCUT2D eigenvalue weighted by Gasteiger charge is -2.06. The Morgan fingerprint density at radius 1 is 1.38 bits per heavy atom. The van der Waals surface area contributed by atoms with Crippen LogP contribution < -0.4 is 5.32 Å². The molecule has 0 aromatic heterocycles. The van der Waals surface area contributed by atoms with Gasteiger partial charge in [-0.05, 0) is 22.0 Å². The van der Waals surface area contributed by atoms with Gasteiger partial charge in [0.05, 0.1) is 5.69 Å². The molecule has 0 aliphatic heterocycles. The van der Waals surface area contributed by atoms with Crippen LogP contribution in [0.4, 0.5) is 14.5 Å². The standard InChI is InChI=1S/C9H8BrF2N/c1-2-3-13-9-5-8(12)7(11)4-6(9)10/h2,4-5,13H,1,3H2. The Kier molecular flexibility index (Phi) is 3.42. The van der Waals surface area contributed by atoms with E-state index in [1.165, 1.54) is 0 Å². The van der Waals surface area contributed by atoms with E-state index in [0.29, 0.717) is 16.7 Å². The lowest BCUT2D eigenvalue weighted by molar-refractivity contribution is 0.508. The summed E-state index contributed by atoms with van der Waals surface area (Å²) in [5.41, 5.74) is 0.513. The van der Waals surface area contributed by atoms with Crippen molar-refractivity contribution in [2.45, 2.75) is 0 Å². The molecule has 1 aromatic carbocycles. The molecule has 0 saturated heterocycles. The number of benzene rings is 1. The predicted octanol–water partition coefficient (Wildman–Crippen LogP) is 3.33. The summed E-state index contributed by atoms with van der Waals surface area (Å²) in [6.45, 7) is 4.00. The smallest absolute Gasteiger partial charge is 0.160 e. The van der Waals surface area contributed by atoms with Gasteiger partial charge in [0.2, 0.25) is 0 Å². The van der Waals surface area contributed by atoms with Gasteiger partial charge in [0, 0.05) is 17.1 Å². The summed E-state index contributed by atoms with van der Waals surface area (Å²) in [4.78, 5) is 0. The molecule has 70 valence electrons. The van der Waals surface area contributed by atoms with Crippen LogP contribution in [0, 0.1) is 11.6 Å². The maximum atomic E-state index is 12.7. The quantitative estimate of drug-likeness (QED) is 0.639. The Morgan fingerprint density at radius 2 is 2.00 bits per heavy atom. The first kappa shape index (κ1) is 10.2. The highest BCUT2D eigenvalue weighted by Crippen LogP contribution is 2.24. The van der Waals surface area contributed by atoms with E-state index in [1.807, 2.05) is 0 Å². The van der Waals surface area contributed by atoms with Crippen molar-refractivity contribution in [1.82, 2.24) is 0 Å². The van der Waals surface area contributed by atoms with Crippen LogP contribution in [0.15, 0.2) is 29.3 Å². The molecular weight excluding hydrogens is 240 g/mol. The zero-order valence-corrected chi connectivity index (χ0v) is 8.37. The van der Waals surface area contributed by atoms with Gasteiger partial charge in [-0.25, -0.2) is 8.78 Å². The molecule has 1 aromatic rings. The van der Waals surface area contributed by atoms with Crippen molar-refractivity contribution in [1.29, 1.82) is 0 Å². The minimum atomic E-state index is -0.866. The first-order valence-corrected chi connectivity index (χ1v) is 4.43. The van der Waals surface area contributed by atoms with Crippen molar-refractivity contribution in [3.63, 3.8) is 0 Å². The number of nitrogens with one attached hydrogen (secondary N) is 1. The molecule has 0 unspecified atom stereocenters. The molecule has 1 N–H and O–H groups in total. The molecule has 0 bridgehead atoms. The summed E-state index contributed by atoms with van der Waals surface area (Å²) in [6, 6.07) is 2.18. The van der Waals surface area contributed by atoms with Crippen LogP contribution in [0.3, 0.4) is 0 Å². The van der Waals surface area contributed by atoms with E-state index >= 15 is 0 Å². The predicted molar refractivity (Wildman–Crippen MR) is 52.7 cm³/mol. The summed E-state index contributed by atoms with van der Waals surface area (Å²) in [5.74, 6) is -1.73. The van der Waals surface area contributed by atoms with Crippen LogP contribution in [0.25, 0.3) is 0 Å². The van der Waals surface area contributed by atoms with E-state index in [2.05, 4.69) is 27.8 Å². The third-order valence-corrected chi connectivity index (χ3v) is 2.10. The second kappa shape index (κ2) is 4.37. The van der Waals surface area contributed by atoms with E-state index in [-0.39, 0.29) is 0 Å². The molecule has 0 saturated carbocycles. The van der Waals surface area contributed by atoms with Crippen molar-refractivity contribution in [2.75, 3.05) is 11.9 Å². The summed E-state index contributed by atoms with van der Waals surface area (Å²) in [5, 5.41) is 2.86. The second-order valence-electron chi connectivity index (χ2n) is 2.42. The lowest BCUT2D eigenvalue weighted by Crippen LogP contribution is -2.00. The highest BCUT2D eigenvalue weighted by Gasteiger charge is 2.06. The van der Waals surface area contributed by atoms with Gasteiger partial charge in [-0.1, -0.05) is 6.08 Å². The lowest BCUT2D eigenvalue weighted by atomic mass is 10.3. The summed E-state index contributed by atoms with van der Waals surface area (Å²) in [6.07, 6.45) is 1.63. The molecule has 0 radical (unpaired) electrons. The fraction of sp³-hybridized carbons (Fsp3) is 0.111. The molecule has 4 heteroatoms. The van der Waals surface area contributed by atoms with E-state index < -0.39 is 11.6 Å². The molecular formula is C9H8BrF2N. The normalized spacial score (nSPS) is 9.77. The van der Waals surface area contributed by atoms with E-state index in [1.54, 1.807) is 6.08 Å². The molecule has 0 spiro atoms. The van der Waals surface area contributed by atoms with Crippen LogP contribution in [-0.4, -0.2) is 6.54 Å². The van der Waals surface area contributed by atoms with Gasteiger partial charge in [0.15, 0.2) is 11.6 Å². The van der Waals surface area contributed by atoms with Crippen molar-refractivity contribution in [2.24, 2.45) is 0 Å². The number of rotatable bonds is 3. The Bertz CT molecular complexity index is 326. The van der Waals surface area contributed by atoms with Gasteiger partial charge in [0.1, 0.15) is 0 Å². The highest BCUT2D eigenvalue weighted by molar-refractivity contribution is 9.10. The number of hydrogen-bond acceptors (Lipinski definition) is 1. The number of hydrogen-bond donors (Lipinski definition) is 1. The zero-order chi connectivity index (χ0) is 9.84. The molecule has 0 atom stereocenters. The Labute approximate surface area is 83.6 Å². The third kappa shape index (κ3) is 2.52. The van der Waals surface area contributed by atoms with Crippen molar-refractivity contribution >= 4 is 21.6 Å². The van der Waals surface area contributed by atoms with E-state index in [9.17, 15) is 8.78 Å². The molecule has 1 rings (SSSR count). The maximum absolute atomic E-state index is 12.7. The Hall–Kier alpha value is -0.900. The molecule has 0 aliphatic carbocycles. The topological polar surface area (TPSA) is 12.0 Å². The summed E-state index contributed by atoms with van der Waals surface area (Å²) < 4.78 is 25.8. The second-order valence-corrected chi connectivity index (χ2v) is 3.27. The first-order valence-electron chi connectivity index (χ1n) is 3.64. The largest absolute Gasteiger partial charge is 0.381 e. The third-order valence-electron chi connectivity index (χ3n) is 1.45. The van der Waals surface area contributed by atoms with Crippen molar-refractivity contribution in [3.8, 4) is 0 Å². The monoisotopic (exact) mass is 247 g/mol. The van der Waals surface area contributed by atoms with Gasteiger partial charge in [0.25, 0.3) is 0 Å². The van der Waals surface area contributed by atoms with Gasteiger partial charge in [-0.2, -0.15) is 0 Å². The molecule has 0 heterocycles. The Balaban J connectivity index is 2.94. The van der Waals surface area contributed by atoms with Gasteiger partial charge >= 0.3 is 0 Å². The van der Waals surface area contributed by atoms with Crippen LogP contribution in [-0.2, 0) is 0 Å². The van der Waals surface area contributed by atoms with Gasteiger partial charge < -0.3 is 5.32 Å². The van der Waals surface area contributed by atoms with Crippen LogP contribution in [0.1, 0.15) is 0 Å². The molecule has 13 heavy (non-hydrogen) atoms. The molecule has 0 amide bonds. The average Bonchev–Trinajstić information content (AvgIpc) is 2.09. The van der Waals surface area contributed by atoms with Crippen LogP contribution in [0.2, 0.25) is 0 Å². The van der Waals surface area contributed by atoms with Crippen LogP contribution in [0.5, 0.6) is 0 Å². The minimum Gasteiger partial charge on any atom is -0.381 e. The molecule has 0 fully saturated rings. The summed E-state index contributed by atoms with van der Waals surface area (Å²) in [7, 11) is 0. The average molecular weight is 248 g/mol. The summed E-state index contributed by atoms with van der Waals surface area (Å²) >= 11 is 3.11. The Morgan fingerprint density at radius 3 is 2.62 bits per heavy atom. The van der Waals surface area contributed by atoms with E-state index in [4.69, 9.17) is 0 Å². The maximum Gasteiger partial charge on any atom is 0.160 e. The van der Waals surface area contributed by atoms with Gasteiger partial charge in [-0.15, -0.1) is 6.58 Å². The fourth-order valence-electron chi connectivity index (χ4n) is 0.840. The fourth-order valence-corrected chi connectivity index (χ4v) is 1.30. The molecule has 0 aliphatic rings.